The molecule has 0 fully saturated rings. The SMILES string of the molecule is CCCCCCCCCCCCCCn1cc(CC(C)c2ccccc2)[n+](CCCCCCCCCC)c1Cc1ccccc1. The fourth-order valence-electron chi connectivity index (χ4n) is 6.99. The van der Waals surface area contributed by atoms with Crippen molar-refractivity contribution in [3.8, 4) is 0 Å². The number of unbranched alkanes of at least 4 members (excludes halogenated alkanes) is 18. The molecule has 45 heavy (non-hydrogen) atoms. The van der Waals surface area contributed by atoms with E-state index < -0.39 is 0 Å². The molecule has 0 N–H and O–H groups in total. The van der Waals surface area contributed by atoms with Crippen LogP contribution < -0.4 is 4.57 Å². The van der Waals surface area contributed by atoms with Crippen molar-refractivity contribution in [3.05, 3.63) is 89.5 Å². The Hall–Kier alpha value is -2.35. The molecule has 0 saturated carbocycles. The van der Waals surface area contributed by atoms with Gasteiger partial charge in [-0.05, 0) is 42.7 Å². The quantitative estimate of drug-likeness (QED) is 0.0597. The van der Waals surface area contributed by atoms with E-state index in [1.54, 1.807) is 0 Å². The number of aromatic nitrogens is 2. The predicted molar refractivity (Wildman–Crippen MR) is 196 cm³/mol. The fraction of sp³-hybridized carbons (Fsp3) is 0.651. The maximum Gasteiger partial charge on any atom is 0.261 e. The van der Waals surface area contributed by atoms with Gasteiger partial charge in [0.1, 0.15) is 11.9 Å². The molecule has 0 aliphatic carbocycles. The number of hydrogen-bond acceptors (Lipinski definition) is 0. The molecule has 0 saturated heterocycles. The Labute approximate surface area is 279 Å². The highest BCUT2D eigenvalue weighted by atomic mass is 15.2. The van der Waals surface area contributed by atoms with E-state index >= 15 is 0 Å². The minimum Gasteiger partial charge on any atom is -0.234 e. The minimum atomic E-state index is 0.517. The van der Waals surface area contributed by atoms with Crippen LogP contribution in [-0.2, 0) is 25.9 Å². The average Bonchev–Trinajstić information content (AvgIpc) is 3.38. The van der Waals surface area contributed by atoms with Gasteiger partial charge in [-0.2, -0.15) is 0 Å². The molecular formula is C43H69N2+. The first kappa shape index (κ1) is 37.1. The zero-order chi connectivity index (χ0) is 31.8. The second-order valence-electron chi connectivity index (χ2n) is 13.9. The highest BCUT2D eigenvalue weighted by Crippen LogP contribution is 2.21. The lowest BCUT2D eigenvalue weighted by Gasteiger charge is -2.12. The zero-order valence-corrected chi connectivity index (χ0v) is 29.8. The summed E-state index contributed by atoms with van der Waals surface area (Å²) in [6, 6.07) is 22.3. The topological polar surface area (TPSA) is 8.81 Å². The van der Waals surface area contributed by atoms with E-state index in [9.17, 15) is 0 Å². The van der Waals surface area contributed by atoms with Gasteiger partial charge in [-0.3, -0.25) is 0 Å². The summed E-state index contributed by atoms with van der Waals surface area (Å²) in [4.78, 5) is 0. The number of hydrogen-bond donors (Lipinski definition) is 0. The van der Waals surface area contributed by atoms with Crippen LogP contribution in [0.2, 0.25) is 0 Å². The molecule has 1 heterocycles. The molecule has 1 aromatic heterocycles. The van der Waals surface area contributed by atoms with E-state index in [4.69, 9.17) is 0 Å². The van der Waals surface area contributed by atoms with Gasteiger partial charge in [0.2, 0.25) is 0 Å². The second-order valence-corrected chi connectivity index (χ2v) is 13.9. The van der Waals surface area contributed by atoms with Gasteiger partial charge in [-0.25, -0.2) is 9.13 Å². The van der Waals surface area contributed by atoms with Crippen molar-refractivity contribution in [1.82, 2.24) is 4.57 Å². The smallest absolute Gasteiger partial charge is 0.234 e. The van der Waals surface area contributed by atoms with Gasteiger partial charge in [0.15, 0.2) is 0 Å². The Bertz CT molecular complexity index is 1100. The zero-order valence-electron chi connectivity index (χ0n) is 29.8. The summed E-state index contributed by atoms with van der Waals surface area (Å²) in [6.07, 6.45) is 32.5. The fourth-order valence-corrected chi connectivity index (χ4v) is 6.99. The Balaban J connectivity index is 1.62. The van der Waals surface area contributed by atoms with Crippen LogP contribution in [0.4, 0.5) is 0 Å². The van der Waals surface area contributed by atoms with E-state index in [2.05, 4.69) is 96.8 Å². The number of imidazole rings is 1. The van der Waals surface area contributed by atoms with Crippen molar-refractivity contribution < 1.29 is 4.57 Å². The Morgan fingerprint density at radius 1 is 0.556 bits per heavy atom. The number of rotatable bonds is 27. The summed E-state index contributed by atoms with van der Waals surface area (Å²) in [7, 11) is 0. The van der Waals surface area contributed by atoms with Crippen LogP contribution >= 0.6 is 0 Å². The van der Waals surface area contributed by atoms with Gasteiger partial charge in [0.25, 0.3) is 5.82 Å². The van der Waals surface area contributed by atoms with Crippen molar-refractivity contribution in [1.29, 1.82) is 0 Å². The largest absolute Gasteiger partial charge is 0.261 e. The molecule has 0 aliphatic heterocycles. The monoisotopic (exact) mass is 614 g/mol. The first-order valence-corrected chi connectivity index (χ1v) is 19.4. The third kappa shape index (κ3) is 15.2. The summed E-state index contributed by atoms with van der Waals surface area (Å²) >= 11 is 0. The number of nitrogens with zero attached hydrogens (tertiary/aromatic N) is 2. The van der Waals surface area contributed by atoms with Gasteiger partial charge in [0, 0.05) is 6.42 Å². The Morgan fingerprint density at radius 3 is 1.56 bits per heavy atom. The highest BCUT2D eigenvalue weighted by molar-refractivity contribution is 5.21. The second kappa shape index (κ2) is 23.9. The minimum absolute atomic E-state index is 0.517. The van der Waals surface area contributed by atoms with Crippen LogP contribution in [0.25, 0.3) is 0 Å². The standard InChI is InChI=1S/C43H69N2/c1-4-6-8-10-12-14-15-16-17-18-20-28-34-44-38-42(36-39(3)41-32-26-23-27-33-41)45(35-29-21-19-13-11-9-7-5-2)43(44)37-40-30-24-22-25-31-40/h22-27,30-33,38-39H,4-21,28-29,34-37H2,1-3H3/q+1. The summed E-state index contributed by atoms with van der Waals surface area (Å²) in [5, 5.41) is 0. The van der Waals surface area contributed by atoms with E-state index in [0.29, 0.717) is 5.92 Å². The van der Waals surface area contributed by atoms with Gasteiger partial charge >= 0.3 is 0 Å². The van der Waals surface area contributed by atoms with Crippen LogP contribution in [0.3, 0.4) is 0 Å². The molecule has 1 atom stereocenters. The van der Waals surface area contributed by atoms with Gasteiger partial charge in [-0.15, -0.1) is 0 Å². The summed E-state index contributed by atoms with van der Waals surface area (Å²) in [5.74, 6) is 2.03. The summed E-state index contributed by atoms with van der Waals surface area (Å²) < 4.78 is 5.39. The Morgan fingerprint density at radius 2 is 1.02 bits per heavy atom. The van der Waals surface area contributed by atoms with Crippen molar-refractivity contribution in [2.24, 2.45) is 0 Å². The van der Waals surface area contributed by atoms with Crippen molar-refractivity contribution in [3.63, 3.8) is 0 Å². The third-order valence-corrected chi connectivity index (χ3v) is 9.87. The molecule has 2 aromatic carbocycles. The lowest BCUT2D eigenvalue weighted by atomic mass is 9.96. The molecule has 0 amide bonds. The van der Waals surface area contributed by atoms with E-state index in [-0.39, 0.29) is 0 Å². The Kier molecular flexibility index (Phi) is 19.7. The molecule has 250 valence electrons. The maximum absolute atomic E-state index is 2.74. The van der Waals surface area contributed by atoms with Gasteiger partial charge in [-0.1, -0.05) is 184 Å². The normalized spacial score (nSPS) is 12.2. The van der Waals surface area contributed by atoms with Gasteiger partial charge < -0.3 is 0 Å². The number of benzene rings is 2. The van der Waals surface area contributed by atoms with E-state index in [1.807, 2.05) is 0 Å². The third-order valence-electron chi connectivity index (χ3n) is 9.87. The highest BCUT2D eigenvalue weighted by Gasteiger charge is 2.25. The van der Waals surface area contributed by atoms with Crippen molar-refractivity contribution in [2.75, 3.05) is 0 Å². The first-order chi connectivity index (χ1) is 22.2. The molecule has 3 aromatic rings. The van der Waals surface area contributed by atoms with Crippen LogP contribution in [0.1, 0.15) is 178 Å². The molecule has 3 rings (SSSR count). The molecule has 2 nitrogen and oxygen atoms in total. The first-order valence-electron chi connectivity index (χ1n) is 19.4. The lowest BCUT2D eigenvalue weighted by Crippen LogP contribution is -2.41. The van der Waals surface area contributed by atoms with E-state index in [0.717, 1.165) is 25.9 Å². The van der Waals surface area contributed by atoms with Crippen molar-refractivity contribution in [2.45, 2.75) is 181 Å². The van der Waals surface area contributed by atoms with Gasteiger partial charge in [0.05, 0.1) is 19.5 Å². The molecule has 0 radical (unpaired) electrons. The summed E-state index contributed by atoms with van der Waals surface area (Å²) in [5.41, 5.74) is 4.41. The van der Waals surface area contributed by atoms with Crippen LogP contribution in [0.15, 0.2) is 66.9 Å². The molecule has 2 heteroatoms. The van der Waals surface area contributed by atoms with Crippen LogP contribution in [0, 0.1) is 0 Å². The van der Waals surface area contributed by atoms with E-state index in [1.165, 1.54) is 151 Å². The lowest BCUT2D eigenvalue weighted by molar-refractivity contribution is -0.710. The summed E-state index contributed by atoms with van der Waals surface area (Å²) in [6.45, 7) is 9.33. The van der Waals surface area contributed by atoms with Crippen LogP contribution in [-0.4, -0.2) is 4.57 Å². The molecule has 0 aliphatic rings. The average molecular weight is 614 g/mol. The maximum atomic E-state index is 2.74. The van der Waals surface area contributed by atoms with Crippen molar-refractivity contribution >= 4 is 0 Å². The molecule has 0 bridgehead atoms. The predicted octanol–water partition coefficient (Wildman–Crippen LogP) is 12.6. The molecule has 1 unspecified atom stereocenters. The molecular weight excluding hydrogens is 544 g/mol. The number of aryl methyl sites for hydroxylation is 1. The molecule has 0 spiro atoms. The van der Waals surface area contributed by atoms with Crippen LogP contribution in [0.5, 0.6) is 0 Å².